The normalized spacial score (nSPS) is 12.4. The lowest BCUT2D eigenvalue weighted by Crippen LogP contribution is -2.21. The summed E-state index contributed by atoms with van der Waals surface area (Å²) in [5, 5.41) is 4.93. The van der Waals surface area contributed by atoms with E-state index in [4.69, 9.17) is 23.2 Å². The minimum atomic E-state index is 0.109. The monoisotopic (exact) mass is 357 g/mol. The third-order valence-electron chi connectivity index (χ3n) is 2.83. The van der Waals surface area contributed by atoms with Gasteiger partial charge in [0, 0.05) is 14.5 Å². The van der Waals surface area contributed by atoms with Crippen molar-refractivity contribution in [2.75, 3.05) is 6.54 Å². The predicted octanol–water partition coefficient (Wildman–Crippen LogP) is 5.45. The van der Waals surface area contributed by atoms with E-state index in [1.54, 1.807) is 0 Å². The van der Waals surface area contributed by atoms with Gasteiger partial charge >= 0.3 is 0 Å². The first-order valence-corrected chi connectivity index (χ1v) is 7.60. The van der Waals surface area contributed by atoms with Crippen molar-refractivity contribution in [3.8, 4) is 0 Å². The third kappa shape index (κ3) is 3.96. The maximum absolute atomic E-state index is 6.13. The number of hydrogen-bond acceptors (Lipinski definition) is 1. The van der Waals surface area contributed by atoms with E-state index in [2.05, 4.69) is 34.2 Å². The molecule has 0 spiro atoms. The highest BCUT2D eigenvalue weighted by Crippen LogP contribution is 2.28. The van der Waals surface area contributed by atoms with E-state index in [-0.39, 0.29) is 6.04 Å². The fourth-order valence-corrected chi connectivity index (χ4v) is 3.04. The van der Waals surface area contributed by atoms with E-state index in [1.807, 2.05) is 36.4 Å². The first kappa shape index (κ1) is 14.9. The molecule has 1 atom stereocenters. The molecule has 1 nitrogen and oxygen atoms in total. The average Bonchev–Trinajstić information content (AvgIpc) is 2.36. The Morgan fingerprint density at radius 2 is 1.68 bits per heavy atom. The zero-order valence-corrected chi connectivity index (χ0v) is 13.6. The Morgan fingerprint density at radius 1 is 1.00 bits per heavy atom. The van der Waals surface area contributed by atoms with Crippen LogP contribution in [-0.2, 0) is 0 Å². The maximum atomic E-state index is 6.13. The molecule has 0 amide bonds. The summed E-state index contributed by atoms with van der Waals surface area (Å²) in [4.78, 5) is 0. The minimum absolute atomic E-state index is 0.109. The average molecular weight is 359 g/mol. The number of halogens is 3. The van der Waals surface area contributed by atoms with Gasteiger partial charge in [0.2, 0.25) is 0 Å². The van der Waals surface area contributed by atoms with Gasteiger partial charge in [-0.05, 0) is 48.0 Å². The number of rotatable bonds is 4. The smallest absolute Gasteiger partial charge is 0.0577 e. The molecule has 0 aliphatic carbocycles. The zero-order chi connectivity index (χ0) is 13.8. The molecule has 2 aromatic rings. The molecule has 100 valence electrons. The molecule has 19 heavy (non-hydrogen) atoms. The molecular weight excluding hydrogens is 345 g/mol. The Hall–Kier alpha value is -0.540. The molecular formula is C15H14BrCl2N. The highest BCUT2D eigenvalue weighted by molar-refractivity contribution is 9.10. The second-order valence-electron chi connectivity index (χ2n) is 4.25. The predicted molar refractivity (Wildman–Crippen MR) is 86.1 cm³/mol. The summed E-state index contributed by atoms with van der Waals surface area (Å²) in [6.07, 6.45) is 0. The third-order valence-corrected chi connectivity index (χ3v) is 3.76. The van der Waals surface area contributed by atoms with Crippen LogP contribution in [0.2, 0.25) is 10.0 Å². The second-order valence-corrected chi connectivity index (χ2v) is 6.03. The quantitative estimate of drug-likeness (QED) is 0.765. The van der Waals surface area contributed by atoms with Crippen LogP contribution in [0.4, 0.5) is 0 Å². The fraction of sp³-hybridized carbons (Fsp3) is 0.200. The minimum Gasteiger partial charge on any atom is -0.307 e. The Morgan fingerprint density at radius 3 is 2.26 bits per heavy atom. The first-order valence-electron chi connectivity index (χ1n) is 6.05. The van der Waals surface area contributed by atoms with Crippen LogP contribution in [0.5, 0.6) is 0 Å². The summed E-state index contributed by atoms with van der Waals surface area (Å²) in [5.74, 6) is 0. The highest BCUT2D eigenvalue weighted by atomic mass is 79.9. The van der Waals surface area contributed by atoms with Crippen molar-refractivity contribution in [2.24, 2.45) is 0 Å². The number of nitrogens with one attached hydrogen (secondary N) is 1. The second kappa shape index (κ2) is 6.76. The van der Waals surface area contributed by atoms with Crippen LogP contribution < -0.4 is 5.32 Å². The molecule has 0 aromatic heterocycles. The molecule has 1 N–H and O–H groups in total. The zero-order valence-electron chi connectivity index (χ0n) is 10.5. The molecule has 0 saturated heterocycles. The van der Waals surface area contributed by atoms with Crippen LogP contribution in [0.15, 0.2) is 46.9 Å². The van der Waals surface area contributed by atoms with Crippen molar-refractivity contribution in [2.45, 2.75) is 13.0 Å². The summed E-state index contributed by atoms with van der Waals surface area (Å²) in [7, 11) is 0. The van der Waals surface area contributed by atoms with Gasteiger partial charge in [0.1, 0.15) is 0 Å². The number of benzene rings is 2. The molecule has 0 aliphatic heterocycles. The molecule has 4 heteroatoms. The van der Waals surface area contributed by atoms with Crippen LogP contribution in [0, 0.1) is 0 Å². The summed E-state index contributed by atoms with van der Waals surface area (Å²) >= 11 is 15.6. The molecule has 0 bridgehead atoms. The van der Waals surface area contributed by atoms with E-state index in [0.717, 1.165) is 26.6 Å². The van der Waals surface area contributed by atoms with E-state index >= 15 is 0 Å². The molecule has 0 saturated carbocycles. The van der Waals surface area contributed by atoms with Crippen LogP contribution in [-0.4, -0.2) is 6.54 Å². The van der Waals surface area contributed by atoms with E-state index < -0.39 is 0 Å². The summed E-state index contributed by atoms with van der Waals surface area (Å²) in [5.41, 5.74) is 2.30. The van der Waals surface area contributed by atoms with Crippen LogP contribution in [0.1, 0.15) is 24.1 Å². The lowest BCUT2D eigenvalue weighted by molar-refractivity contribution is 0.630. The lowest BCUT2D eigenvalue weighted by Gasteiger charge is -2.19. The molecule has 0 fully saturated rings. The van der Waals surface area contributed by atoms with Gasteiger partial charge in [-0.15, -0.1) is 0 Å². The van der Waals surface area contributed by atoms with Crippen molar-refractivity contribution in [3.05, 3.63) is 68.1 Å². The number of hydrogen-bond donors (Lipinski definition) is 1. The fourth-order valence-electron chi connectivity index (χ4n) is 2.03. The Balaban J connectivity index is 2.41. The van der Waals surface area contributed by atoms with Crippen molar-refractivity contribution in [3.63, 3.8) is 0 Å². The van der Waals surface area contributed by atoms with Crippen LogP contribution >= 0.6 is 39.1 Å². The van der Waals surface area contributed by atoms with Crippen molar-refractivity contribution in [1.29, 1.82) is 0 Å². The van der Waals surface area contributed by atoms with Gasteiger partial charge in [0.15, 0.2) is 0 Å². The standard InChI is InChI=1S/C15H14BrCl2N/c1-2-19-15(10-3-5-13(17)6-4-10)11-7-12(16)9-14(18)8-11/h3-9,15,19H,2H2,1H3. The maximum Gasteiger partial charge on any atom is 0.0577 e. The molecule has 2 rings (SSSR count). The summed E-state index contributed by atoms with van der Waals surface area (Å²) < 4.78 is 0.979. The largest absolute Gasteiger partial charge is 0.307 e. The van der Waals surface area contributed by atoms with Crippen LogP contribution in [0.25, 0.3) is 0 Å². The van der Waals surface area contributed by atoms with Crippen molar-refractivity contribution >= 4 is 39.1 Å². The SMILES string of the molecule is CCNC(c1ccc(Cl)cc1)c1cc(Cl)cc(Br)c1. The Labute approximate surface area is 132 Å². The van der Waals surface area contributed by atoms with Crippen LogP contribution in [0.3, 0.4) is 0 Å². The highest BCUT2D eigenvalue weighted by Gasteiger charge is 2.14. The topological polar surface area (TPSA) is 12.0 Å². The first-order chi connectivity index (χ1) is 9.10. The van der Waals surface area contributed by atoms with E-state index in [0.29, 0.717) is 0 Å². The lowest BCUT2D eigenvalue weighted by atomic mass is 9.99. The Bertz CT molecular complexity index is 534. The van der Waals surface area contributed by atoms with Gasteiger partial charge in [0.25, 0.3) is 0 Å². The van der Waals surface area contributed by atoms with Gasteiger partial charge in [-0.25, -0.2) is 0 Å². The molecule has 2 aromatic carbocycles. The van der Waals surface area contributed by atoms with Gasteiger partial charge in [0.05, 0.1) is 6.04 Å². The molecule has 1 unspecified atom stereocenters. The molecule has 0 heterocycles. The Kier molecular flexibility index (Phi) is 5.28. The van der Waals surface area contributed by atoms with Gasteiger partial charge in [-0.2, -0.15) is 0 Å². The summed E-state index contributed by atoms with van der Waals surface area (Å²) in [6, 6.07) is 13.9. The van der Waals surface area contributed by atoms with Gasteiger partial charge in [-0.1, -0.05) is 58.2 Å². The molecule has 0 radical (unpaired) electrons. The van der Waals surface area contributed by atoms with Crippen molar-refractivity contribution in [1.82, 2.24) is 5.32 Å². The summed E-state index contributed by atoms with van der Waals surface area (Å²) in [6.45, 7) is 2.96. The van der Waals surface area contributed by atoms with Crippen molar-refractivity contribution < 1.29 is 0 Å². The van der Waals surface area contributed by atoms with E-state index in [9.17, 15) is 0 Å². The molecule has 0 aliphatic rings. The van der Waals surface area contributed by atoms with E-state index in [1.165, 1.54) is 5.56 Å². The van der Waals surface area contributed by atoms with Gasteiger partial charge in [-0.3, -0.25) is 0 Å². The van der Waals surface area contributed by atoms with Gasteiger partial charge < -0.3 is 5.32 Å².